The largest absolute Gasteiger partial charge is 0.389 e. The van der Waals surface area contributed by atoms with Crippen molar-refractivity contribution >= 4 is 0 Å². The molecule has 3 nitrogen and oxygen atoms in total. The lowest BCUT2D eigenvalue weighted by Crippen LogP contribution is -2.51. The molecule has 0 bridgehead atoms. The fraction of sp³-hybridized carbons (Fsp3) is 1.00. The number of aliphatic hydroxyl groups is 1. The van der Waals surface area contributed by atoms with Crippen molar-refractivity contribution in [1.82, 2.24) is 0 Å². The third-order valence-electron chi connectivity index (χ3n) is 5.85. The molecule has 0 aromatic carbocycles. The van der Waals surface area contributed by atoms with E-state index in [1.54, 1.807) is 0 Å². The molecule has 3 heteroatoms. The third-order valence-corrected chi connectivity index (χ3v) is 5.85. The van der Waals surface area contributed by atoms with Crippen molar-refractivity contribution in [2.24, 2.45) is 5.92 Å². The molecule has 1 N–H and O–H groups in total. The quantitative estimate of drug-likeness (QED) is 0.862. The van der Waals surface area contributed by atoms with E-state index in [9.17, 15) is 5.11 Å². The van der Waals surface area contributed by atoms with Gasteiger partial charge in [0.2, 0.25) is 0 Å². The van der Waals surface area contributed by atoms with Gasteiger partial charge in [0.1, 0.15) is 0 Å². The molecule has 2 aliphatic heterocycles. The molecule has 0 radical (unpaired) electrons. The first-order chi connectivity index (χ1) is 9.66. The van der Waals surface area contributed by atoms with Gasteiger partial charge < -0.3 is 14.6 Å². The molecule has 3 aliphatic rings. The smallest absolute Gasteiger partial charge is 0.0724 e. The van der Waals surface area contributed by atoms with Gasteiger partial charge in [0.25, 0.3) is 0 Å². The summed E-state index contributed by atoms with van der Waals surface area (Å²) in [5.74, 6) is 0.414. The standard InChI is InChI=1S/C17H30O3/c1-2-5-15-13-17(18,9-11-19-15)14-6-10-20-16(12-14)7-3-4-8-16/h14-15,18H,2-13H2,1H3. The SMILES string of the molecule is CCCC1CC(O)(C2CCOC3(CCCC3)C2)CCO1. The molecule has 0 amide bonds. The molecule has 1 saturated carbocycles. The zero-order valence-electron chi connectivity index (χ0n) is 12.9. The van der Waals surface area contributed by atoms with Gasteiger partial charge in [-0.25, -0.2) is 0 Å². The average molecular weight is 282 g/mol. The molecule has 3 rings (SSSR count). The van der Waals surface area contributed by atoms with E-state index in [4.69, 9.17) is 9.47 Å². The number of ether oxygens (including phenoxy) is 2. The highest BCUT2D eigenvalue weighted by atomic mass is 16.5. The highest BCUT2D eigenvalue weighted by molar-refractivity contribution is 4.99. The maximum absolute atomic E-state index is 11.2. The summed E-state index contributed by atoms with van der Waals surface area (Å²) in [4.78, 5) is 0. The van der Waals surface area contributed by atoms with E-state index in [0.717, 1.165) is 51.7 Å². The first-order valence-electron chi connectivity index (χ1n) is 8.64. The van der Waals surface area contributed by atoms with Crippen LogP contribution in [-0.4, -0.2) is 35.6 Å². The van der Waals surface area contributed by atoms with Crippen LogP contribution in [0.4, 0.5) is 0 Å². The summed E-state index contributed by atoms with van der Waals surface area (Å²) in [5.41, 5.74) is -0.394. The van der Waals surface area contributed by atoms with Crippen molar-refractivity contribution in [3.8, 4) is 0 Å². The second kappa shape index (κ2) is 5.94. The van der Waals surface area contributed by atoms with E-state index < -0.39 is 5.60 Å². The summed E-state index contributed by atoms with van der Waals surface area (Å²) in [5, 5.41) is 11.2. The molecule has 116 valence electrons. The van der Waals surface area contributed by atoms with Gasteiger partial charge in [-0.3, -0.25) is 0 Å². The molecule has 3 fully saturated rings. The second-order valence-electron chi connectivity index (χ2n) is 7.27. The van der Waals surface area contributed by atoms with Crippen molar-refractivity contribution in [2.45, 2.75) is 88.4 Å². The fourth-order valence-electron chi connectivity index (χ4n) is 4.69. The Hall–Kier alpha value is -0.120. The predicted octanol–water partition coefficient (Wildman–Crippen LogP) is 3.44. The van der Waals surface area contributed by atoms with E-state index >= 15 is 0 Å². The van der Waals surface area contributed by atoms with Crippen molar-refractivity contribution in [2.75, 3.05) is 13.2 Å². The van der Waals surface area contributed by atoms with Gasteiger partial charge in [0, 0.05) is 19.6 Å². The average Bonchev–Trinajstić information content (AvgIpc) is 2.87. The second-order valence-corrected chi connectivity index (χ2v) is 7.27. The fourth-order valence-corrected chi connectivity index (χ4v) is 4.69. The van der Waals surface area contributed by atoms with Crippen molar-refractivity contribution in [1.29, 1.82) is 0 Å². The summed E-state index contributed by atoms with van der Waals surface area (Å²) in [6.45, 7) is 3.76. The summed E-state index contributed by atoms with van der Waals surface area (Å²) in [7, 11) is 0. The summed E-state index contributed by atoms with van der Waals surface area (Å²) >= 11 is 0. The minimum Gasteiger partial charge on any atom is -0.389 e. The van der Waals surface area contributed by atoms with Crippen molar-refractivity contribution in [3.05, 3.63) is 0 Å². The minimum absolute atomic E-state index is 0.108. The molecule has 2 saturated heterocycles. The first kappa shape index (κ1) is 14.8. The lowest BCUT2D eigenvalue weighted by Gasteiger charge is -2.48. The van der Waals surface area contributed by atoms with E-state index in [1.165, 1.54) is 25.7 Å². The minimum atomic E-state index is -0.503. The van der Waals surface area contributed by atoms with Gasteiger partial charge in [0.05, 0.1) is 17.3 Å². The zero-order chi connectivity index (χ0) is 14.1. The Morgan fingerprint density at radius 3 is 2.65 bits per heavy atom. The zero-order valence-corrected chi connectivity index (χ0v) is 12.9. The molecule has 0 aromatic heterocycles. The van der Waals surface area contributed by atoms with Crippen LogP contribution < -0.4 is 0 Å². The van der Waals surface area contributed by atoms with Crippen LogP contribution in [0.15, 0.2) is 0 Å². The van der Waals surface area contributed by atoms with Crippen LogP contribution in [0.3, 0.4) is 0 Å². The van der Waals surface area contributed by atoms with Crippen LogP contribution in [0.1, 0.15) is 71.1 Å². The van der Waals surface area contributed by atoms with Gasteiger partial charge >= 0.3 is 0 Å². The Morgan fingerprint density at radius 2 is 1.90 bits per heavy atom. The molecule has 1 spiro atoms. The lowest BCUT2D eigenvalue weighted by atomic mass is 9.70. The Labute approximate surface area is 123 Å². The van der Waals surface area contributed by atoms with Crippen LogP contribution in [0.25, 0.3) is 0 Å². The van der Waals surface area contributed by atoms with Crippen LogP contribution in [0.5, 0.6) is 0 Å². The molecular weight excluding hydrogens is 252 g/mol. The van der Waals surface area contributed by atoms with Gasteiger partial charge in [-0.1, -0.05) is 26.2 Å². The molecular formula is C17H30O3. The van der Waals surface area contributed by atoms with Gasteiger partial charge in [-0.15, -0.1) is 0 Å². The lowest BCUT2D eigenvalue weighted by molar-refractivity contribution is -0.179. The third kappa shape index (κ3) is 2.90. The Kier molecular flexibility index (Phi) is 4.40. The number of hydrogen-bond acceptors (Lipinski definition) is 3. The predicted molar refractivity (Wildman–Crippen MR) is 78.7 cm³/mol. The molecule has 2 heterocycles. The summed E-state index contributed by atoms with van der Waals surface area (Å²) < 4.78 is 12.0. The van der Waals surface area contributed by atoms with Crippen LogP contribution in [0, 0.1) is 5.92 Å². The van der Waals surface area contributed by atoms with Gasteiger partial charge in [-0.05, 0) is 44.4 Å². The van der Waals surface area contributed by atoms with E-state index in [0.29, 0.717) is 5.92 Å². The topological polar surface area (TPSA) is 38.7 Å². The normalized spacial score (nSPS) is 41.1. The van der Waals surface area contributed by atoms with Crippen molar-refractivity contribution < 1.29 is 14.6 Å². The first-order valence-corrected chi connectivity index (χ1v) is 8.64. The molecule has 1 aliphatic carbocycles. The molecule has 20 heavy (non-hydrogen) atoms. The Balaban J connectivity index is 1.67. The molecule has 0 aromatic rings. The molecule has 3 atom stereocenters. The van der Waals surface area contributed by atoms with E-state index in [1.807, 2.05) is 0 Å². The monoisotopic (exact) mass is 282 g/mol. The van der Waals surface area contributed by atoms with Crippen molar-refractivity contribution in [3.63, 3.8) is 0 Å². The van der Waals surface area contributed by atoms with E-state index in [-0.39, 0.29) is 11.7 Å². The van der Waals surface area contributed by atoms with E-state index in [2.05, 4.69) is 6.92 Å². The maximum Gasteiger partial charge on any atom is 0.0724 e. The van der Waals surface area contributed by atoms with Crippen LogP contribution >= 0.6 is 0 Å². The van der Waals surface area contributed by atoms with Gasteiger partial charge in [-0.2, -0.15) is 0 Å². The van der Waals surface area contributed by atoms with Crippen LogP contribution in [0.2, 0.25) is 0 Å². The molecule has 3 unspecified atom stereocenters. The maximum atomic E-state index is 11.2. The van der Waals surface area contributed by atoms with Crippen LogP contribution in [-0.2, 0) is 9.47 Å². The van der Waals surface area contributed by atoms with Gasteiger partial charge in [0.15, 0.2) is 0 Å². The Bertz CT molecular complexity index is 322. The Morgan fingerprint density at radius 1 is 1.10 bits per heavy atom. The summed E-state index contributed by atoms with van der Waals surface area (Å²) in [6.07, 6.45) is 11.2. The highest BCUT2D eigenvalue weighted by Gasteiger charge is 2.48. The highest BCUT2D eigenvalue weighted by Crippen LogP contribution is 2.47. The number of rotatable bonds is 3. The summed E-state index contributed by atoms with van der Waals surface area (Å²) in [6, 6.07) is 0. The number of hydrogen-bond donors (Lipinski definition) is 1.